The van der Waals surface area contributed by atoms with E-state index in [9.17, 15) is 4.79 Å². The molecule has 2 rings (SSSR count). The first kappa shape index (κ1) is 12.4. The highest BCUT2D eigenvalue weighted by atomic mass is 16.5. The van der Waals surface area contributed by atoms with Crippen molar-refractivity contribution in [1.82, 2.24) is 10.3 Å². The maximum Gasteiger partial charge on any atom is 0.251 e. The second-order valence-corrected chi connectivity index (χ2v) is 3.99. The lowest BCUT2D eigenvalue weighted by Crippen LogP contribution is -2.23. The summed E-state index contributed by atoms with van der Waals surface area (Å²) in [5.41, 5.74) is 2.61. The van der Waals surface area contributed by atoms with Crippen LogP contribution in [0.1, 0.15) is 21.5 Å². The average Bonchev–Trinajstić information content (AvgIpc) is 2.90. The summed E-state index contributed by atoms with van der Waals surface area (Å²) >= 11 is 0. The number of nitrogens with one attached hydrogen (secondary N) is 2. The lowest BCUT2D eigenvalue weighted by Gasteiger charge is -2.08. The summed E-state index contributed by atoms with van der Waals surface area (Å²) in [6, 6.07) is 9.39. The van der Waals surface area contributed by atoms with Gasteiger partial charge in [0.15, 0.2) is 0 Å². The molecule has 0 saturated heterocycles. The van der Waals surface area contributed by atoms with Gasteiger partial charge in [0.05, 0.1) is 6.61 Å². The average molecular weight is 244 g/mol. The first-order valence-corrected chi connectivity index (χ1v) is 5.78. The molecule has 0 radical (unpaired) electrons. The molecule has 2 aromatic rings. The van der Waals surface area contributed by atoms with Crippen LogP contribution in [0, 0.1) is 0 Å². The standard InChI is InChI=1S/C14H16N2O2/c1-18-10-12-4-2-3-5-13(12)14(17)16-9-11-6-7-15-8-11/h2-8,15H,9-10H2,1H3,(H,16,17). The molecule has 4 nitrogen and oxygen atoms in total. The van der Waals surface area contributed by atoms with Gasteiger partial charge in [-0.1, -0.05) is 18.2 Å². The molecular weight excluding hydrogens is 228 g/mol. The first-order chi connectivity index (χ1) is 8.81. The van der Waals surface area contributed by atoms with Gasteiger partial charge in [-0.05, 0) is 23.3 Å². The summed E-state index contributed by atoms with van der Waals surface area (Å²) in [5.74, 6) is -0.0798. The summed E-state index contributed by atoms with van der Waals surface area (Å²) in [5, 5.41) is 2.89. The van der Waals surface area contributed by atoms with Gasteiger partial charge in [-0.2, -0.15) is 0 Å². The molecule has 0 atom stereocenters. The molecule has 0 aliphatic carbocycles. The fourth-order valence-corrected chi connectivity index (χ4v) is 1.77. The van der Waals surface area contributed by atoms with Crippen molar-refractivity contribution in [3.05, 3.63) is 59.4 Å². The van der Waals surface area contributed by atoms with Crippen LogP contribution in [-0.2, 0) is 17.9 Å². The molecule has 0 aliphatic rings. The lowest BCUT2D eigenvalue weighted by atomic mass is 10.1. The summed E-state index contributed by atoms with van der Waals surface area (Å²) in [6.45, 7) is 0.956. The summed E-state index contributed by atoms with van der Waals surface area (Å²) in [7, 11) is 1.62. The highest BCUT2D eigenvalue weighted by molar-refractivity contribution is 5.95. The molecular formula is C14H16N2O2. The zero-order chi connectivity index (χ0) is 12.8. The molecule has 0 unspecified atom stereocenters. The molecule has 0 saturated carbocycles. The van der Waals surface area contributed by atoms with Crippen LogP contribution in [0.3, 0.4) is 0 Å². The highest BCUT2D eigenvalue weighted by Gasteiger charge is 2.10. The lowest BCUT2D eigenvalue weighted by molar-refractivity contribution is 0.0946. The second kappa shape index (κ2) is 6.02. The van der Waals surface area contributed by atoms with Gasteiger partial charge in [-0.15, -0.1) is 0 Å². The Labute approximate surface area is 106 Å². The molecule has 1 heterocycles. The fraction of sp³-hybridized carbons (Fsp3) is 0.214. The predicted octanol–water partition coefficient (Wildman–Crippen LogP) is 2.09. The van der Waals surface area contributed by atoms with E-state index < -0.39 is 0 Å². The Kier molecular flexibility index (Phi) is 4.15. The van der Waals surface area contributed by atoms with E-state index in [2.05, 4.69) is 10.3 Å². The number of benzene rings is 1. The van der Waals surface area contributed by atoms with E-state index in [0.29, 0.717) is 18.7 Å². The summed E-state index contributed by atoms with van der Waals surface area (Å²) < 4.78 is 5.08. The molecule has 18 heavy (non-hydrogen) atoms. The summed E-state index contributed by atoms with van der Waals surface area (Å²) in [6.07, 6.45) is 3.70. The number of aromatic amines is 1. The molecule has 94 valence electrons. The van der Waals surface area contributed by atoms with Gasteiger partial charge < -0.3 is 15.0 Å². The van der Waals surface area contributed by atoms with Gasteiger partial charge in [0.25, 0.3) is 5.91 Å². The van der Waals surface area contributed by atoms with Gasteiger partial charge in [0.1, 0.15) is 0 Å². The minimum absolute atomic E-state index is 0.0798. The topological polar surface area (TPSA) is 54.1 Å². The molecule has 0 bridgehead atoms. The third kappa shape index (κ3) is 2.99. The number of aromatic nitrogens is 1. The molecule has 1 aromatic heterocycles. The SMILES string of the molecule is COCc1ccccc1C(=O)NCc1cc[nH]c1. The Hall–Kier alpha value is -2.07. The monoisotopic (exact) mass is 244 g/mol. The third-order valence-electron chi connectivity index (χ3n) is 2.68. The Morgan fingerprint density at radius 2 is 2.17 bits per heavy atom. The highest BCUT2D eigenvalue weighted by Crippen LogP contribution is 2.10. The normalized spacial score (nSPS) is 10.3. The molecule has 1 aromatic carbocycles. The van der Waals surface area contributed by atoms with Crippen molar-refractivity contribution < 1.29 is 9.53 Å². The minimum atomic E-state index is -0.0798. The second-order valence-electron chi connectivity index (χ2n) is 3.99. The van der Waals surface area contributed by atoms with Gasteiger partial charge in [-0.3, -0.25) is 4.79 Å². The number of hydrogen-bond acceptors (Lipinski definition) is 2. The van der Waals surface area contributed by atoms with E-state index in [4.69, 9.17) is 4.74 Å². The van der Waals surface area contributed by atoms with Gasteiger partial charge in [0, 0.05) is 31.6 Å². The van der Waals surface area contributed by atoms with Crippen LogP contribution in [0.5, 0.6) is 0 Å². The van der Waals surface area contributed by atoms with Crippen molar-refractivity contribution in [2.75, 3.05) is 7.11 Å². The van der Waals surface area contributed by atoms with E-state index in [0.717, 1.165) is 11.1 Å². The quantitative estimate of drug-likeness (QED) is 0.846. The van der Waals surface area contributed by atoms with Crippen LogP contribution >= 0.6 is 0 Å². The number of carbonyl (C=O) groups is 1. The first-order valence-electron chi connectivity index (χ1n) is 5.78. The molecule has 0 fully saturated rings. The number of rotatable bonds is 5. The Bertz CT molecular complexity index is 506. The molecule has 1 amide bonds. The van der Waals surface area contributed by atoms with Crippen molar-refractivity contribution >= 4 is 5.91 Å². The molecule has 0 spiro atoms. The maximum atomic E-state index is 12.1. The number of methoxy groups -OCH3 is 1. The van der Waals surface area contributed by atoms with Gasteiger partial charge in [-0.25, -0.2) is 0 Å². The van der Waals surface area contributed by atoms with Crippen molar-refractivity contribution in [2.24, 2.45) is 0 Å². The van der Waals surface area contributed by atoms with E-state index in [1.54, 1.807) is 13.2 Å². The van der Waals surface area contributed by atoms with Crippen molar-refractivity contribution in [1.29, 1.82) is 0 Å². The number of ether oxygens (including phenoxy) is 1. The largest absolute Gasteiger partial charge is 0.380 e. The minimum Gasteiger partial charge on any atom is -0.380 e. The van der Waals surface area contributed by atoms with Crippen LogP contribution in [0.2, 0.25) is 0 Å². The Morgan fingerprint density at radius 1 is 1.33 bits per heavy atom. The number of hydrogen-bond donors (Lipinski definition) is 2. The zero-order valence-corrected chi connectivity index (χ0v) is 10.3. The smallest absolute Gasteiger partial charge is 0.251 e. The number of carbonyl (C=O) groups excluding carboxylic acids is 1. The van der Waals surface area contributed by atoms with Crippen LogP contribution in [0.25, 0.3) is 0 Å². The van der Waals surface area contributed by atoms with E-state index in [1.807, 2.05) is 36.7 Å². The Morgan fingerprint density at radius 3 is 2.89 bits per heavy atom. The molecule has 0 aliphatic heterocycles. The van der Waals surface area contributed by atoms with Crippen molar-refractivity contribution in [2.45, 2.75) is 13.2 Å². The summed E-state index contributed by atoms with van der Waals surface area (Å²) in [4.78, 5) is 15.0. The van der Waals surface area contributed by atoms with Crippen LogP contribution < -0.4 is 5.32 Å². The third-order valence-corrected chi connectivity index (χ3v) is 2.68. The predicted molar refractivity (Wildman–Crippen MR) is 69.1 cm³/mol. The van der Waals surface area contributed by atoms with Crippen LogP contribution in [0.15, 0.2) is 42.7 Å². The number of amides is 1. The Balaban J connectivity index is 2.04. The van der Waals surface area contributed by atoms with E-state index in [-0.39, 0.29) is 5.91 Å². The van der Waals surface area contributed by atoms with E-state index in [1.165, 1.54) is 0 Å². The molecule has 2 N–H and O–H groups in total. The van der Waals surface area contributed by atoms with E-state index >= 15 is 0 Å². The van der Waals surface area contributed by atoms with Crippen LogP contribution in [-0.4, -0.2) is 18.0 Å². The maximum absolute atomic E-state index is 12.1. The number of H-pyrrole nitrogens is 1. The van der Waals surface area contributed by atoms with Crippen molar-refractivity contribution in [3.63, 3.8) is 0 Å². The van der Waals surface area contributed by atoms with Gasteiger partial charge >= 0.3 is 0 Å². The van der Waals surface area contributed by atoms with Crippen molar-refractivity contribution in [3.8, 4) is 0 Å². The van der Waals surface area contributed by atoms with Gasteiger partial charge in [0.2, 0.25) is 0 Å². The molecule has 4 heteroatoms. The fourth-order valence-electron chi connectivity index (χ4n) is 1.77. The van der Waals surface area contributed by atoms with Crippen LogP contribution in [0.4, 0.5) is 0 Å². The zero-order valence-electron chi connectivity index (χ0n) is 10.3.